The van der Waals surface area contributed by atoms with Crippen LogP contribution in [-0.2, 0) is 9.59 Å². The summed E-state index contributed by atoms with van der Waals surface area (Å²) in [6.07, 6.45) is 5.22. The molecular formula is C22H27N3O3. The molecule has 1 aliphatic rings. The minimum Gasteiger partial charge on any atom is -0.454 e. The van der Waals surface area contributed by atoms with Crippen molar-refractivity contribution in [3.63, 3.8) is 0 Å². The smallest absolute Gasteiger partial charge is 0.247 e. The van der Waals surface area contributed by atoms with Crippen LogP contribution < -0.4 is 10.1 Å². The minimum atomic E-state index is -0.443. The van der Waals surface area contributed by atoms with Gasteiger partial charge in [0.2, 0.25) is 11.8 Å². The predicted molar refractivity (Wildman–Crippen MR) is 108 cm³/mol. The standard InChI is InChI=1S/C22H27N3O3/c1-22(2,3)14-20(26)25-13-7-10-18(25)21(27)24-17-9-4-5-11-19(17)28-16-8-6-12-23-15-16/h4-6,8-9,11-12,15,18H,7,10,13-14H2,1-3H3,(H,24,27). The molecule has 1 atom stereocenters. The van der Waals surface area contributed by atoms with Gasteiger partial charge in [-0.1, -0.05) is 32.9 Å². The first-order valence-corrected chi connectivity index (χ1v) is 9.61. The highest BCUT2D eigenvalue weighted by atomic mass is 16.5. The van der Waals surface area contributed by atoms with E-state index in [0.717, 1.165) is 6.42 Å². The Morgan fingerprint density at radius 1 is 1.21 bits per heavy atom. The topological polar surface area (TPSA) is 71.5 Å². The number of aromatic nitrogens is 1. The van der Waals surface area contributed by atoms with E-state index in [1.54, 1.807) is 41.6 Å². The molecule has 1 fully saturated rings. The Morgan fingerprint density at radius 2 is 2.00 bits per heavy atom. The molecule has 6 heteroatoms. The van der Waals surface area contributed by atoms with Crippen molar-refractivity contribution in [2.45, 2.75) is 46.1 Å². The largest absolute Gasteiger partial charge is 0.454 e. The SMILES string of the molecule is CC(C)(C)CC(=O)N1CCCC1C(=O)Nc1ccccc1Oc1cccnc1. The van der Waals surface area contributed by atoms with Crippen LogP contribution in [0.4, 0.5) is 5.69 Å². The third kappa shape index (κ3) is 5.09. The van der Waals surface area contributed by atoms with E-state index in [1.165, 1.54) is 0 Å². The van der Waals surface area contributed by atoms with Gasteiger partial charge >= 0.3 is 0 Å². The average Bonchev–Trinajstić information content (AvgIpc) is 3.13. The van der Waals surface area contributed by atoms with Crippen LogP contribution in [0.1, 0.15) is 40.0 Å². The summed E-state index contributed by atoms with van der Waals surface area (Å²) in [5.74, 6) is 0.980. The molecule has 2 aromatic rings. The maximum Gasteiger partial charge on any atom is 0.247 e. The van der Waals surface area contributed by atoms with Crippen LogP contribution in [0, 0.1) is 5.41 Å². The number of amides is 2. The fourth-order valence-corrected chi connectivity index (χ4v) is 3.30. The molecule has 0 radical (unpaired) electrons. The highest BCUT2D eigenvalue weighted by Gasteiger charge is 2.35. The quantitative estimate of drug-likeness (QED) is 0.841. The first-order valence-electron chi connectivity index (χ1n) is 9.61. The van der Waals surface area contributed by atoms with Gasteiger partial charge in [0, 0.05) is 19.2 Å². The summed E-state index contributed by atoms with van der Waals surface area (Å²) < 4.78 is 5.86. The van der Waals surface area contributed by atoms with Crippen molar-refractivity contribution in [1.29, 1.82) is 0 Å². The molecule has 148 valence electrons. The lowest BCUT2D eigenvalue weighted by molar-refractivity contribution is -0.138. The van der Waals surface area contributed by atoms with Crippen LogP contribution >= 0.6 is 0 Å². The van der Waals surface area contributed by atoms with Crippen molar-refractivity contribution >= 4 is 17.5 Å². The number of anilines is 1. The van der Waals surface area contributed by atoms with Gasteiger partial charge in [0.25, 0.3) is 0 Å². The molecule has 0 spiro atoms. The molecule has 28 heavy (non-hydrogen) atoms. The number of rotatable bonds is 5. The number of nitrogens with zero attached hydrogens (tertiary/aromatic N) is 2. The van der Waals surface area contributed by atoms with Gasteiger partial charge in [0.15, 0.2) is 5.75 Å². The fourth-order valence-electron chi connectivity index (χ4n) is 3.30. The maximum absolute atomic E-state index is 12.9. The van der Waals surface area contributed by atoms with Gasteiger partial charge in [-0.3, -0.25) is 14.6 Å². The summed E-state index contributed by atoms with van der Waals surface area (Å²) in [6.45, 7) is 6.72. The van der Waals surface area contributed by atoms with Crippen molar-refractivity contribution in [3.8, 4) is 11.5 Å². The van der Waals surface area contributed by atoms with Gasteiger partial charge in [-0.05, 0) is 42.5 Å². The Hall–Kier alpha value is -2.89. The van der Waals surface area contributed by atoms with Gasteiger partial charge in [0.05, 0.1) is 11.9 Å². The summed E-state index contributed by atoms with van der Waals surface area (Å²) in [4.78, 5) is 31.3. The number of benzene rings is 1. The van der Waals surface area contributed by atoms with E-state index in [-0.39, 0.29) is 17.2 Å². The molecule has 2 heterocycles. The molecule has 3 rings (SSSR count). The molecule has 6 nitrogen and oxygen atoms in total. The minimum absolute atomic E-state index is 0.0324. The highest BCUT2D eigenvalue weighted by Crippen LogP contribution is 2.30. The molecule has 1 aromatic carbocycles. The third-order valence-electron chi connectivity index (χ3n) is 4.56. The molecule has 0 aliphatic carbocycles. The van der Waals surface area contributed by atoms with Crippen molar-refractivity contribution in [2.75, 3.05) is 11.9 Å². The predicted octanol–water partition coefficient (Wildman–Crippen LogP) is 4.24. The normalized spacial score (nSPS) is 16.7. The number of para-hydroxylation sites is 2. The maximum atomic E-state index is 12.9. The molecule has 1 saturated heterocycles. The second-order valence-corrected chi connectivity index (χ2v) is 8.26. The Balaban J connectivity index is 1.71. The second-order valence-electron chi connectivity index (χ2n) is 8.26. The molecule has 0 saturated carbocycles. The Bertz CT molecular complexity index is 830. The van der Waals surface area contributed by atoms with E-state index in [2.05, 4.69) is 10.3 Å². The summed E-state index contributed by atoms with van der Waals surface area (Å²) in [5, 5.41) is 2.94. The van der Waals surface area contributed by atoms with Gasteiger partial charge in [-0.15, -0.1) is 0 Å². The van der Waals surface area contributed by atoms with Gasteiger partial charge in [-0.25, -0.2) is 0 Å². The first-order chi connectivity index (χ1) is 13.3. The second kappa shape index (κ2) is 8.42. The van der Waals surface area contributed by atoms with Crippen LogP contribution in [0.3, 0.4) is 0 Å². The van der Waals surface area contributed by atoms with E-state index in [9.17, 15) is 9.59 Å². The number of carbonyl (C=O) groups excluding carboxylic acids is 2. The molecule has 1 aromatic heterocycles. The average molecular weight is 381 g/mol. The number of likely N-dealkylation sites (tertiary alicyclic amines) is 1. The van der Waals surface area contributed by atoms with Crippen molar-refractivity contribution < 1.29 is 14.3 Å². The summed E-state index contributed by atoms with van der Waals surface area (Å²) in [7, 11) is 0. The van der Waals surface area contributed by atoms with Crippen molar-refractivity contribution in [3.05, 3.63) is 48.8 Å². The van der Waals surface area contributed by atoms with Gasteiger partial charge in [-0.2, -0.15) is 0 Å². The van der Waals surface area contributed by atoms with Crippen LogP contribution in [0.5, 0.6) is 11.5 Å². The molecule has 1 N–H and O–H groups in total. The number of nitrogens with one attached hydrogen (secondary N) is 1. The van der Waals surface area contributed by atoms with Gasteiger partial charge < -0.3 is 15.0 Å². The van der Waals surface area contributed by atoms with E-state index >= 15 is 0 Å². The summed E-state index contributed by atoms with van der Waals surface area (Å²) >= 11 is 0. The molecular weight excluding hydrogens is 354 g/mol. The Kier molecular flexibility index (Phi) is 5.97. The van der Waals surface area contributed by atoms with Crippen molar-refractivity contribution in [1.82, 2.24) is 9.88 Å². The monoisotopic (exact) mass is 381 g/mol. The lowest BCUT2D eigenvalue weighted by atomic mass is 9.91. The van der Waals surface area contributed by atoms with Crippen molar-refractivity contribution in [2.24, 2.45) is 5.41 Å². The number of pyridine rings is 1. The summed E-state index contributed by atoms with van der Waals surface area (Å²) in [6, 6.07) is 10.4. The summed E-state index contributed by atoms with van der Waals surface area (Å²) in [5.41, 5.74) is 0.469. The number of ether oxygens (including phenoxy) is 1. The van der Waals surface area contributed by atoms with E-state index in [4.69, 9.17) is 4.74 Å². The zero-order chi connectivity index (χ0) is 20.1. The zero-order valence-corrected chi connectivity index (χ0v) is 16.6. The number of hydrogen-bond donors (Lipinski definition) is 1. The van der Waals surface area contributed by atoms with Crippen LogP contribution in [0.2, 0.25) is 0 Å². The third-order valence-corrected chi connectivity index (χ3v) is 4.56. The molecule has 2 amide bonds. The van der Waals surface area contributed by atoms with Gasteiger partial charge in [0.1, 0.15) is 11.8 Å². The van der Waals surface area contributed by atoms with E-state index < -0.39 is 6.04 Å². The Morgan fingerprint density at radius 3 is 2.71 bits per heavy atom. The lowest BCUT2D eigenvalue weighted by Gasteiger charge is -2.27. The van der Waals surface area contributed by atoms with Crippen LogP contribution in [0.25, 0.3) is 0 Å². The number of carbonyl (C=O) groups is 2. The molecule has 0 bridgehead atoms. The van der Waals surface area contributed by atoms with E-state index in [1.807, 2.05) is 32.9 Å². The Labute approximate surface area is 165 Å². The van der Waals surface area contributed by atoms with E-state index in [0.29, 0.717) is 36.6 Å². The molecule has 1 unspecified atom stereocenters. The zero-order valence-electron chi connectivity index (χ0n) is 16.6. The van der Waals surface area contributed by atoms with Crippen LogP contribution in [0.15, 0.2) is 48.8 Å². The molecule has 1 aliphatic heterocycles. The lowest BCUT2D eigenvalue weighted by Crippen LogP contribution is -2.44. The first kappa shape index (κ1) is 19.9. The van der Waals surface area contributed by atoms with Crippen LogP contribution in [-0.4, -0.2) is 34.3 Å². The fraction of sp³-hybridized carbons (Fsp3) is 0.409. The highest BCUT2D eigenvalue weighted by molar-refractivity contribution is 5.98. The number of hydrogen-bond acceptors (Lipinski definition) is 4.